The van der Waals surface area contributed by atoms with Crippen molar-refractivity contribution in [1.82, 2.24) is 15.0 Å². The van der Waals surface area contributed by atoms with Gasteiger partial charge in [0.2, 0.25) is 21.9 Å². The van der Waals surface area contributed by atoms with Crippen LogP contribution in [0.5, 0.6) is 11.6 Å². The van der Waals surface area contributed by atoms with Crippen LogP contribution in [0.25, 0.3) is 22.2 Å². The van der Waals surface area contributed by atoms with Crippen LogP contribution in [0.15, 0.2) is 24.4 Å². The number of hydrogen-bond donors (Lipinski definition) is 2. The molecule has 41 heavy (non-hydrogen) atoms. The quantitative estimate of drug-likeness (QED) is 0.400. The number of nitrogens with one attached hydrogen (secondary N) is 1. The van der Waals surface area contributed by atoms with Gasteiger partial charge in [0.25, 0.3) is 0 Å². The lowest BCUT2D eigenvalue weighted by molar-refractivity contribution is -0.0150. The highest BCUT2D eigenvalue weighted by Crippen LogP contribution is 2.39. The lowest BCUT2D eigenvalue weighted by Gasteiger charge is -2.35. The molecular formula is C28H36FN5O6S. The topological polar surface area (TPSA) is 136 Å². The normalized spacial score (nSPS) is 20.2. The van der Waals surface area contributed by atoms with Gasteiger partial charge in [-0.25, -0.2) is 27.8 Å². The van der Waals surface area contributed by atoms with Gasteiger partial charge in [-0.2, -0.15) is 0 Å². The van der Waals surface area contributed by atoms with Gasteiger partial charge in [0, 0.05) is 36.3 Å². The average Bonchev–Trinajstić information content (AvgIpc) is 2.92. The Bertz CT molecular complexity index is 1520. The van der Waals surface area contributed by atoms with Crippen LogP contribution in [0.3, 0.4) is 0 Å². The van der Waals surface area contributed by atoms with E-state index < -0.39 is 21.4 Å². The van der Waals surface area contributed by atoms with E-state index in [0.29, 0.717) is 60.2 Å². The molecule has 0 atom stereocenters. The smallest absolute Gasteiger partial charge is 0.238 e. The molecule has 0 amide bonds. The molecule has 11 nitrogen and oxygen atoms in total. The van der Waals surface area contributed by atoms with Gasteiger partial charge in [-0.3, -0.25) is 4.72 Å². The van der Waals surface area contributed by atoms with Crippen LogP contribution in [-0.4, -0.2) is 79.9 Å². The van der Waals surface area contributed by atoms with Crippen LogP contribution in [-0.2, 0) is 14.8 Å². The Balaban J connectivity index is 1.61. The maximum absolute atomic E-state index is 15.1. The molecule has 2 N–H and O–H groups in total. The van der Waals surface area contributed by atoms with Crippen molar-refractivity contribution in [2.75, 3.05) is 49.3 Å². The van der Waals surface area contributed by atoms with E-state index in [1.807, 2.05) is 18.7 Å². The van der Waals surface area contributed by atoms with E-state index >= 15 is 4.39 Å². The standard InChI is InChI=1S/C28H36FN5O6S/c1-28(2,35)18-5-7-20(8-6-18)40-23-15-19(29)14-21-24(31-27(32-25(21)23)34-9-11-39-12-10-34)17-13-22(33-41(4,36)37)26(38-3)30-16-17/h13-16,18,20,33,35H,5-12H2,1-4H3. The van der Waals surface area contributed by atoms with E-state index in [1.165, 1.54) is 25.4 Å². The summed E-state index contributed by atoms with van der Waals surface area (Å²) in [6.07, 6.45) is 5.43. The van der Waals surface area contributed by atoms with Crippen molar-refractivity contribution in [3.8, 4) is 22.9 Å². The van der Waals surface area contributed by atoms with Crippen LogP contribution in [0.2, 0.25) is 0 Å². The minimum Gasteiger partial charge on any atom is -0.488 e. The third-order valence-electron chi connectivity index (χ3n) is 7.59. The second kappa shape index (κ2) is 11.5. The van der Waals surface area contributed by atoms with E-state index in [0.717, 1.165) is 31.9 Å². The Kier molecular flexibility index (Phi) is 8.22. The number of methoxy groups -OCH3 is 1. The van der Waals surface area contributed by atoms with E-state index in [9.17, 15) is 13.5 Å². The molecule has 0 unspecified atom stereocenters. The fourth-order valence-electron chi connectivity index (χ4n) is 5.45. The summed E-state index contributed by atoms with van der Waals surface area (Å²) in [7, 11) is -2.25. The summed E-state index contributed by atoms with van der Waals surface area (Å²) >= 11 is 0. The zero-order valence-corrected chi connectivity index (χ0v) is 24.5. The molecule has 3 aromatic rings. The fraction of sp³-hybridized carbons (Fsp3) is 0.536. The fourth-order valence-corrected chi connectivity index (χ4v) is 6.00. The molecule has 0 spiro atoms. The molecule has 2 aromatic heterocycles. The maximum atomic E-state index is 15.1. The Morgan fingerprint density at radius 2 is 1.83 bits per heavy atom. The van der Waals surface area contributed by atoms with E-state index in [2.05, 4.69) is 9.71 Å². The number of halogens is 1. The molecule has 2 fully saturated rings. The first-order chi connectivity index (χ1) is 19.4. The number of pyridine rings is 1. The number of aromatic nitrogens is 3. The van der Waals surface area contributed by atoms with Crippen molar-refractivity contribution in [1.29, 1.82) is 0 Å². The van der Waals surface area contributed by atoms with Gasteiger partial charge in [0.05, 0.1) is 44.0 Å². The van der Waals surface area contributed by atoms with E-state index in [1.54, 1.807) is 6.07 Å². The molecule has 222 valence electrons. The first kappa shape index (κ1) is 29.2. The van der Waals surface area contributed by atoms with E-state index in [-0.39, 0.29) is 23.6 Å². The van der Waals surface area contributed by atoms with Gasteiger partial charge in [-0.1, -0.05) is 0 Å². The van der Waals surface area contributed by atoms with E-state index in [4.69, 9.17) is 24.2 Å². The number of benzene rings is 1. The van der Waals surface area contributed by atoms with Crippen LogP contribution in [0.1, 0.15) is 39.5 Å². The van der Waals surface area contributed by atoms with Crippen LogP contribution in [0, 0.1) is 11.7 Å². The van der Waals surface area contributed by atoms with Gasteiger partial charge >= 0.3 is 0 Å². The summed E-state index contributed by atoms with van der Waals surface area (Å²) in [5.74, 6) is 0.471. The number of sulfonamides is 1. The Hall–Kier alpha value is -3.29. The monoisotopic (exact) mass is 589 g/mol. The Labute approximate surface area is 239 Å². The summed E-state index contributed by atoms with van der Waals surface area (Å²) in [5.41, 5.74) is 0.627. The van der Waals surface area contributed by atoms with Crippen LogP contribution in [0.4, 0.5) is 16.0 Å². The van der Waals surface area contributed by atoms with Gasteiger partial charge in [0.1, 0.15) is 22.8 Å². The summed E-state index contributed by atoms with van der Waals surface area (Å²) < 4.78 is 58.7. The molecule has 1 saturated carbocycles. The molecule has 0 bridgehead atoms. The Morgan fingerprint density at radius 3 is 2.46 bits per heavy atom. The average molecular weight is 590 g/mol. The van der Waals surface area contributed by atoms with Gasteiger partial charge in [-0.05, 0) is 57.6 Å². The summed E-state index contributed by atoms with van der Waals surface area (Å²) in [4.78, 5) is 15.9. The second-order valence-corrected chi connectivity index (χ2v) is 12.9. The second-order valence-electron chi connectivity index (χ2n) is 11.2. The van der Waals surface area contributed by atoms with Gasteiger partial charge in [0.15, 0.2) is 0 Å². The number of aliphatic hydroxyl groups is 1. The number of fused-ring (bicyclic) bond motifs is 1. The minimum absolute atomic E-state index is 0.0859. The highest BCUT2D eigenvalue weighted by atomic mass is 32.2. The summed E-state index contributed by atoms with van der Waals surface area (Å²) in [5, 5.41) is 10.8. The van der Waals surface area contributed by atoms with Crippen molar-refractivity contribution in [3.05, 3.63) is 30.2 Å². The first-order valence-corrected chi connectivity index (χ1v) is 15.6. The molecule has 1 aliphatic heterocycles. The molecule has 1 saturated heterocycles. The van der Waals surface area contributed by atoms with Crippen molar-refractivity contribution in [3.63, 3.8) is 0 Å². The molecule has 1 aliphatic carbocycles. The molecular weight excluding hydrogens is 553 g/mol. The predicted molar refractivity (Wildman–Crippen MR) is 153 cm³/mol. The zero-order chi connectivity index (χ0) is 29.4. The SMILES string of the molecule is COc1ncc(-c2nc(N3CCOCC3)nc3c(OC4CCC(C(C)(C)O)CC4)cc(F)cc23)cc1NS(C)(=O)=O. The Morgan fingerprint density at radius 1 is 1.12 bits per heavy atom. The van der Waals surface area contributed by atoms with Crippen LogP contribution >= 0.6 is 0 Å². The van der Waals surface area contributed by atoms with Crippen molar-refractivity contribution in [2.24, 2.45) is 5.92 Å². The van der Waals surface area contributed by atoms with Crippen LogP contribution < -0.4 is 19.1 Å². The number of ether oxygens (including phenoxy) is 3. The number of morpholine rings is 1. The molecule has 1 aromatic carbocycles. The van der Waals surface area contributed by atoms with Crippen molar-refractivity contribution in [2.45, 2.75) is 51.2 Å². The lowest BCUT2D eigenvalue weighted by atomic mass is 9.78. The third-order valence-corrected chi connectivity index (χ3v) is 8.18. The van der Waals surface area contributed by atoms with Gasteiger partial charge < -0.3 is 24.2 Å². The molecule has 0 radical (unpaired) electrons. The maximum Gasteiger partial charge on any atom is 0.238 e. The number of anilines is 2. The molecule has 13 heteroatoms. The molecule has 2 aliphatic rings. The highest BCUT2D eigenvalue weighted by Gasteiger charge is 2.32. The van der Waals surface area contributed by atoms with Crippen molar-refractivity contribution < 1.29 is 32.1 Å². The number of nitrogens with zero attached hydrogens (tertiary/aromatic N) is 4. The third kappa shape index (κ3) is 6.79. The lowest BCUT2D eigenvalue weighted by Crippen LogP contribution is -2.37. The summed E-state index contributed by atoms with van der Waals surface area (Å²) in [6.45, 7) is 5.84. The van der Waals surface area contributed by atoms with Crippen molar-refractivity contribution >= 4 is 32.6 Å². The molecule has 5 rings (SSSR count). The zero-order valence-electron chi connectivity index (χ0n) is 23.7. The first-order valence-electron chi connectivity index (χ1n) is 13.7. The number of rotatable bonds is 8. The predicted octanol–water partition coefficient (Wildman–Crippen LogP) is 3.76. The largest absolute Gasteiger partial charge is 0.488 e. The highest BCUT2D eigenvalue weighted by molar-refractivity contribution is 7.92. The van der Waals surface area contributed by atoms with Gasteiger partial charge in [-0.15, -0.1) is 0 Å². The summed E-state index contributed by atoms with van der Waals surface area (Å²) in [6, 6.07) is 4.24. The number of hydrogen-bond acceptors (Lipinski definition) is 10. The molecule has 3 heterocycles. The minimum atomic E-state index is -3.64.